The van der Waals surface area contributed by atoms with E-state index in [2.05, 4.69) is 19.2 Å². The molecular weight excluding hydrogens is 416 g/mol. The van der Waals surface area contributed by atoms with E-state index >= 15 is 0 Å². The molecule has 3 unspecified atom stereocenters. The second-order valence-electron chi connectivity index (χ2n) is 9.12. The molecule has 31 heavy (non-hydrogen) atoms. The van der Waals surface area contributed by atoms with Crippen LogP contribution in [0, 0.1) is 17.8 Å². The molecule has 1 spiro atoms. The Bertz CT molecular complexity index is 674. The molecule has 3 aliphatic rings. The van der Waals surface area contributed by atoms with Gasteiger partial charge >= 0.3 is 5.97 Å². The van der Waals surface area contributed by atoms with Crippen molar-refractivity contribution < 1.29 is 24.2 Å². The van der Waals surface area contributed by atoms with Crippen LogP contribution < -0.4 is 5.32 Å². The lowest BCUT2D eigenvalue weighted by atomic mass is 9.66. The predicted octanol–water partition coefficient (Wildman–Crippen LogP) is 2.36. The van der Waals surface area contributed by atoms with Gasteiger partial charge in [-0.05, 0) is 38.5 Å². The molecule has 0 aromatic heterocycles. The summed E-state index contributed by atoms with van der Waals surface area (Å²) in [5, 5.41) is 12.1. The van der Waals surface area contributed by atoms with E-state index in [1.807, 2.05) is 0 Å². The highest BCUT2D eigenvalue weighted by Gasteiger charge is 2.76. The number of likely N-dealkylation sites (tertiary alicyclic amines) is 1. The SMILES string of the molecule is CCCCNC(=O)C1N(CCCCCCO)C(=O)[C@@H]2[C@H](C(=O)OCC)[C@@H]3CC(C)C12S3. The minimum absolute atomic E-state index is 0.0423. The molecule has 0 aromatic carbocycles. The number of nitrogens with zero attached hydrogens (tertiary/aromatic N) is 1. The van der Waals surface area contributed by atoms with Crippen LogP contribution in [0.1, 0.15) is 65.7 Å². The van der Waals surface area contributed by atoms with E-state index in [4.69, 9.17) is 9.84 Å². The van der Waals surface area contributed by atoms with Gasteiger partial charge in [0.2, 0.25) is 11.8 Å². The van der Waals surface area contributed by atoms with Gasteiger partial charge in [-0.1, -0.05) is 33.1 Å². The van der Waals surface area contributed by atoms with Crippen molar-refractivity contribution in [2.75, 3.05) is 26.3 Å². The van der Waals surface area contributed by atoms with Gasteiger partial charge in [-0.2, -0.15) is 0 Å². The Balaban J connectivity index is 1.87. The number of amides is 2. The predicted molar refractivity (Wildman–Crippen MR) is 120 cm³/mol. The third kappa shape index (κ3) is 4.34. The Labute approximate surface area is 190 Å². The van der Waals surface area contributed by atoms with Gasteiger partial charge in [0.1, 0.15) is 6.04 Å². The average Bonchev–Trinajstić information content (AvgIpc) is 3.32. The summed E-state index contributed by atoms with van der Waals surface area (Å²) in [6.07, 6.45) is 6.07. The maximum absolute atomic E-state index is 13.7. The van der Waals surface area contributed by atoms with Crippen LogP contribution in [-0.4, -0.2) is 70.1 Å². The van der Waals surface area contributed by atoms with Crippen LogP contribution in [0.2, 0.25) is 0 Å². The molecule has 0 saturated carbocycles. The molecule has 0 aliphatic carbocycles. The summed E-state index contributed by atoms with van der Waals surface area (Å²) in [5.74, 6) is -1.18. The third-order valence-corrected chi connectivity index (χ3v) is 9.27. The van der Waals surface area contributed by atoms with Gasteiger partial charge in [-0.25, -0.2) is 0 Å². The summed E-state index contributed by atoms with van der Waals surface area (Å²) in [6.45, 7) is 7.59. The number of fused-ring (bicyclic) bond motifs is 1. The maximum atomic E-state index is 13.7. The Morgan fingerprint density at radius 1 is 1.23 bits per heavy atom. The molecule has 3 heterocycles. The standard InChI is InChI=1S/C23H38N2O5S/c1-4-6-11-24-20(27)19-23-15(3)14-16(31-23)17(22(29)30-5-2)18(23)21(28)25(19)12-9-7-8-10-13-26/h15-19,26H,4-14H2,1-3H3,(H,24,27)/t15?,16-,17+,18-,19?,23?/m0/s1. The molecule has 7 nitrogen and oxygen atoms in total. The fourth-order valence-corrected chi connectivity index (χ4v) is 8.21. The molecule has 2 amide bonds. The minimum atomic E-state index is -0.555. The zero-order valence-corrected chi connectivity index (χ0v) is 19.9. The third-order valence-electron chi connectivity index (χ3n) is 7.19. The van der Waals surface area contributed by atoms with Crippen molar-refractivity contribution in [3.63, 3.8) is 0 Å². The van der Waals surface area contributed by atoms with Crippen LogP contribution in [0.25, 0.3) is 0 Å². The lowest BCUT2D eigenvalue weighted by molar-refractivity contribution is -0.154. The van der Waals surface area contributed by atoms with Crippen LogP contribution >= 0.6 is 11.8 Å². The number of aliphatic hydroxyl groups is 1. The van der Waals surface area contributed by atoms with Gasteiger partial charge in [-0.15, -0.1) is 11.8 Å². The van der Waals surface area contributed by atoms with E-state index < -0.39 is 22.6 Å². The fraction of sp³-hybridized carbons (Fsp3) is 0.870. The first-order valence-electron chi connectivity index (χ1n) is 12.0. The summed E-state index contributed by atoms with van der Waals surface area (Å²) in [4.78, 5) is 41.7. The Morgan fingerprint density at radius 2 is 1.97 bits per heavy atom. The zero-order chi connectivity index (χ0) is 22.6. The van der Waals surface area contributed by atoms with Crippen LogP contribution in [0.5, 0.6) is 0 Å². The number of hydrogen-bond acceptors (Lipinski definition) is 6. The molecule has 8 heteroatoms. The second-order valence-corrected chi connectivity index (χ2v) is 10.7. The van der Waals surface area contributed by atoms with E-state index in [1.54, 1.807) is 23.6 Å². The highest BCUT2D eigenvalue weighted by atomic mass is 32.2. The molecule has 3 saturated heterocycles. The minimum Gasteiger partial charge on any atom is -0.466 e. The highest BCUT2D eigenvalue weighted by Crippen LogP contribution is 2.68. The van der Waals surface area contributed by atoms with Crippen molar-refractivity contribution in [2.24, 2.45) is 17.8 Å². The van der Waals surface area contributed by atoms with Gasteiger partial charge in [0, 0.05) is 24.9 Å². The Kier molecular flexibility index (Phi) is 8.30. The number of thioether (sulfide) groups is 1. The largest absolute Gasteiger partial charge is 0.466 e. The van der Waals surface area contributed by atoms with Crippen molar-refractivity contribution in [3.8, 4) is 0 Å². The number of carbonyl (C=O) groups is 3. The van der Waals surface area contributed by atoms with Gasteiger partial charge in [0.05, 0.1) is 23.2 Å². The molecular formula is C23H38N2O5S. The molecule has 6 atom stereocenters. The number of hydrogen-bond donors (Lipinski definition) is 2. The lowest BCUT2D eigenvalue weighted by Gasteiger charge is -2.38. The molecule has 176 valence electrons. The highest BCUT2D eigenvalue weighted by molar-refractivity contribution is 8.02. The maximum Gasteiger partial charge on any atom is 0.310 e. The number of esters is 1. The quantitative estimate of drug-likeness (QED) is 0.347. The lowest BCUT2D eigenvalue weighted by Crippen LogP contribution is -2.56. The van der Waals surface area contributed by atoms with Crippen LogP contribution in [-0.2, 0) is 19.1 Å². The Hall–Kier alpha value is -1.28. The number of rotatable bonds is 12. The number of nitrogens with one attached hydrogen (secondary N) is 1. The topological polar surface area (TPSA) is 95.9 Å². The van der Waals surface area contributed by atoms with Crippen molar-refractivity contribution in [3.05, 3.63) is 0 Å². The van der Waals surface area contributed by atoms with Crippen molar-refractivity contribution >= 4 is 29.5 Å². The summed E-state index contributed by atoms with van der Waals surface area (Å²) in [7, 11) is 0. The summed E-state index contributed by atoms with van der Waals surface area (Å²) in [6, 6.07) is -0.538. The van der Waals surface area contributed by atoms with E-state index in [9.17, 15) is 14.4 Å². The van der Waals surface area contributed by atoms with E-state index in [0.29, 0.717) is 19.7 Å². The normalized spacial score (nSPS) is 33.6. The van der Waals surface area contributed by atoms with Gasteiger partial charge in [0.25, 0.3) is 0 Å². The van der Waals surface area contributed by atoms with Crippen LogP contribution in [0.15, 0.2) is 0 Å². The van der Waals surface area contributed by atoms with E-state index in [0.717, 1.165) is 44.9 Å². The molecule has 0 aromatic rings. The summed E-state index contributed by atoms with van der Waals surface area (Å²) in [5.41, 5.74) is 0. The second kappa shape index (κ2) is 10.6. The molecule has 2 bridgehead atoms. The van der Waals surface area contributed by atoms with Crippen molar-refractivity contribution in [2.45, 2.75) is 81.8 Å². The van der Waals surface area contributed by atoms with E-state index in [1.165, 1.54) is 0 Å². The number of carbonyl (C=O) groups excluding carboxylic acids is 3. The van der Waals surface area contributed by atoms with Crippen LogP contribution in [0.4, 0.5) is 0 Å². The first kappa shape index (κ1) is 24.4. The van der Waals surface area contributed by atoms with Gasteiger partial charge in [0.15, 0.2) is 0 Å². The van der Waals surface area contributed by atoms with Crippen molar-refractivity contribution in [1.82, 2.24) is 10.2 Å². The molecule has 2 N–H and O–H groups in total. The molecule has 0 radical (unpaired) electrons. The van der Waals surface area contributed by atoms with Crippen molar-refractivity contribution in [1.29, 1.82) is 0 Å². The summed E-state index contributed by atoms with van der Waals surface area (Å²) >= 11 is 1.69. The molecule has 3 fully saturated rings. The molecule has 3 aliphatic heterocycles. The number of aliphatic hydroxyl groups excluding tert-OH is 1. The fourth-order valence-electron chi connectivity index (χ4n) is 5.80. The average molecular weight is 455 g/mol. The molecule has 3 rings (SSSR count). The first-order chi connectivity index (χ1) is 14.9. The van der Waals surface area contributed by atoms with Gasteiger partial charge < -0.3 is 20.1 Å². The van der Waals surface area contributed by atoms with E-state index in [-0.39, 0.29) is 35.6 Å². The van der Waals surface area contributed by atoms with Gasteiger partial charge in [-0.3, -0.25) is 14.4 Å². The smallest absolute Gasteiger partial charge is 0.310 e. The number of unbranched alkanes of at least 4 members (excludes halogenated alkanes) is 4. The monoisotopic (exact) mass is 454 g/mol. The summed E-state index contributed by atoms with van der Waals surface area (Å²) < 4.78 is 4.80. The van der Waals surface area contributed by atoms with Crippen LogP contribution in [0.3, 0.4) is 0 Å². The number of ether oxygens (including phenoxy) is 1. The first-order valence-corrected chi connectivity index (χ1v) is 12.8. The Morgan fingerprint density at radius 3 is 2.65 bits per heavy atom. The zero-order valence-electron chi connectivity index (χ0n) is 19.1.